The molecule has 3 rings (SSSR count). The zero-order valence-electron chi connectivity index (χ0n) is 13.8. The van der Waals surface area contributed by atoms with E-state index in [2.05, 4.69) is 0 Å². The van der Waals surface area contributed by atoms with Crippen molar-refractivity contribution in [3.05, 3.63) is 47.0 Å². The van der Waals surface area contributed by atoms with Crippen LogP contribution in [0, 0.1) is 0 Å². The van der Waals surface area contributed by atoms with Gasteiger partial charge in [-0.05, 0) is 29.2 Å². The number of phenols is 1. The van der Waals surface area contributed by atoms with E-state index in [4.69, 9.17) is 9.47 Å². The Morgan fingerprint density at radius 1 is 1.12 bits per heavy atom. The maximum atomic E-state index is 11.6. The molecule has 0 radical (unpaired) electrons. The fraction of sp³-hybridized carbons (Fsp3) is 0.263. The quantitative estimate of drug-likeness (QED) is 0.690. The van der Waals surface area contributed by atoms with Gasteiger partial charge >= 0.3 is 11.9 Å². The van der Waals surface area contributed by atoms with Gasteiger partial charge in [-0.1, -0.05) is 31.2 Å². The van der Waals surface area contributed by atoms with E-state index >= 15 is 0 Å². The molecule has 0 saturated heterocycles. The van der Waals surface area contributed by atoms with Gasteiger partial charge in [-0.15, -0.1) is 0 Å². The molecule has 0 spiro atoms. The standard InChI is InChI=1S/C19H18O5/c1-4-12-9-15-13-7-5-6-8-14(13)18(23-10(2)20)16(15)19(17(12)22)24-11(3)21/h5-9,18,22H,4H2,1-3H3. The molecule has 0 bridgehead atoms. The Labute approximate surface area is 139 Å². The molecule has 0 fully saturated rings. The van der Waals surface area contributed by atoms with Gasteiger partial charge in [0.1, 0.15) is 0 Å². The molecule has 0 aromatic heterocycles. The second-order valence-electron chi connectivity index (χ2n) is 5.70. The van der Waals surface area contributed by atoms with Crippen molar-refractivity contribution in [3.8, 4) is 22.6 Å². The summed E-state index contributed by atoms with van der Waals surface area (Å²) in [7, 11) is 0. The summed E-state index contributed by atoms with van der Waals surface area (Å²) < 4.78 is 10.8. The van der Waals surface area contributed by atoms with Gasteiger partial charge in [-0.25, -0.2) is 0 Å². The Balaban J connectivity index is 2.32. The maximum Gasteiger partial charge on any atom is 0.308 e. The molecule has 5 heteroatoms. The fourth-order valence-electron chi connectivity index (χ4n) is 3.13. The highest BCUT2D eigenvalue weighted by molar-refractivity contribution is 5.85. The van der Waals surface area contributed by atoms with Crippen LogP contribution in [-0.2, 0) is 20.7 Å². The lowest BCUT2D eigenvalue weighted by Crippen LogP contribution is -2.11. The predicted octanol–water partition coefficient (Wildman–Crippen LogP) is 3.51. The Morgan fingerprint density at radius 2 is 1.83 bits per heavy atom. The van der Waals surface area contributed by atoms with Crippen molar-refractivity contribution in [1.82, 2.24) is 0 Å². The summed E-state index contributed by atoms with van der Waals surface area (Å²) in [4.78, 5) is 23.1. The topological polar surface area (TPSA) is 72.8 Å². The van der Waals surface area contributed by atoms with Crippen LogP contribution < -0.4 is 4.74 Å². The summed E-state index contributed by atoms with van der Waals surface area (Å²) in [5.74, 6) is -1.01. The minimum Gasteiger partial charge on any atom is -0.504 e. The first-order chi connectivity index (χ1) is 11.4. The molecule has 1 unspecified atom stereocenters. The Bertz CT molecular complexity index is 838. The van der Waals surface area contributed by atoms with Crippen LogP contribution >= 0.6 is 0 Å². The molecular formula is C19H18O5. The summed E-state index contributed by atoms with van der Waals surface area (Å²) in [5, 5.41) is 10.5. The van der Waals surface area contributed by atoms with Crippen molar-refractivity contribution in [2.75, 3.05) is 0 Å². The minimum absolute atomic E-state index is 0.0688. The van der Waals surface area contributed by atoms with Crippen LogP contribution in [0.1, 0.15) is 43.6 Å². The highest BCUT2D eigenvalue weighted by atomic mass is 16.6. The van der Waals surface area contributed by atoms with E-state index < -0.39 is 18.0 Å². The average Bonchev–Trinajstić information content (AvgIpc) is 2.83. The number of hydrogen-bond acceptors (Lipinski definition) is 5. The van der Waals surface area contributed by atoms with Crippen LogP contribution in [0.2, 0.25) is 0 Å². The van der Waals surface area contributed by atoms with Gasteiger partial charge in [0.05, 0.1) is 5.56 Å². The highest BCUT2D eigenvalue weighted by Gasteiger charge is 2.36. The molecule has 0 amide bonds. The number of carbonyl (C=O) groups is 2. The number of aromatic hydroxyl groups is 1. The Kier molecular flexibility index (Phi) is 4.01. The number of aryl methyl sites for hydroxylation is 1. The van der Waals surface area contributed by atoms with Crippen molar-refractivity contribution in [2.24, 2.45) is 0 Å². The predicted molar refractivity (Wildman–Crippen MR) is 87.8 cm³/mol. The summed E-state index contributed by atoms with van der Waals surface area (Å²) in [6.07, 6.45) is -0.131. The third kappa shape index (κ3) is 2.52. The molecule has 1 aliphatic rings. The van der Waals surface area contributed by atoms with Gasteiger partial charge in [0.15, 0.2) is 17.6 Å². The Morgan fingerprint density at radius 3 is 2.46 bits per heavy atom. The zero-order valence-corrected chi connectivity index (χ0v) is 13.8. The molecule has 124 valence electrons. The number of phenolic OH excluding ortho intramolecular Hbond substituents is 1. The van der Waals surface area contributed by atoms with E-state index in [0.29, 0.717) is 17.5 Å². The van der Waals surface area contributed by atoms with Gasteiger partial charge in [0.25, 0.3) is 0 Å². The third-order valence-electron chi connectivity index (χ3n) is 4.08. The minimum atomic E-state index is -0.708. The van der Waals surface area contributed by atoms with Gasteiger partial charge in [0, 0.05) is 19.4 Å². The lowest BCUT2D eigenvalue weighted by molar-refractivity contribution is -0.144. The lowest BCUT2D eigenvalue weighted by atomic mass is 9.99. The number of fused-ring (bicyclic) bond motifs is 3. The van der Waals surface area contributed by atoms with Crippen LogP contribution in [0.4, 0.5) is 0 Å². The first kappa shape index (κ1) is 16.1. The summed E-state index contributed by atoms with van der Waals surface area (Å²) in [6.45, 7) is 4.50. The van der Waals surface area contributed by atoms with E-state index in [9.17, 15) is 14.7 Å². The third-order valence-corrected chi connectivity index (χ3v) is 4.08. The lowest BCUT2D eigenvalue weighted by Gasteiger charge is -2.18. The molecule has 2 aromatic carbocycles. The average molecular weight is 326 g/mol. The largest absolute Gasteiger partial charge is 0.504 e. The first-order valence-electron chi connectivity index (χ1n) is 7.77. The summed E-state index contributed by atoms with van der Waals surface area (Å²) in [6, 6.07) is 9.39. The maximum absolute atomic E-state index is 11.6. The molecule has 5 nitrogen and oxygen atoms in total. The van der Waals surface area contributed by atoms with Crippen molar-refractivity contribution >= 4 is 11.9 Å². The fourth-order valence-corrected chi connectivity index (χ4v) is 3.13. The molecule has 1 N–H and O–H groups in total. The number of ether oxygens (including phenoxy) is 2. The number of hydrogen-bond donors (Lipinski definition) is 1. The van der Waals surface area contributed by atoms with Gasteiger partial charge < -0.3 is 14.6 Å². The van der Waals surface area contributed by atoms with Crippen molar-refractivity contribution in [2.45, 2.75) is 33.3 Å². The van der Waals surface area contributed by atoms with Crippen LogP contribution in [0.25, 0.3) is 11.1 Å². The van der Waals surface area contributed by atoms with E-state index in [1.807, 2.05) is 37.3 Å². The molecule has 0 saturated carbocycles. The van der Waals surface area contributed by atoms with E-state index in [0.717, 1.165) is 16.7 Å². The van der Waals surface area contributed by atoms with Crippen LogP contribution in [0.15, 0.2) is 30.3 Å². The smallest absolute Gasteiger partial charge is 0.308 e. The Hall–Kier alpha value is -2.82. The number of carbonyl (C=O) groups excluding carboxylic acids is 2. The first-order valence-corrected chi connectivity index (χ1v) is 7.77. The SMILES string of the molecule is CCc1cc2c(c(OC(C)=O)c1O)C(OC(C)=O)c1ccccc1-2. The molecule has 24 heavy (non-hydrogen) atoms. The summed E-state index contributed by atoms with van der Waals surface area (Å²) >= 11 is 0. The van der Waals surface area contributed by atoms with E-state index in [1.54, 1.807) is 0 Å². The summed E-state index contributed by atoms with van der Waals surface area (Å²) in [5.41, 5.74) is 3.70. The second-order valence-corrected chi connectivity index (χ2v) is 5.70. The molecule has 2 aromatic rings. The van der Waals surface area contributed by atoms with Crippen LogP contribution in [0.3, 0.4) is 0 Å². The number of rotatable bonds is 3. The zero-order chi connectivity index (χ0) is 17.4. The van der Waals surface area contributed by atoms with Gasteiger partial charge in [-0.2, -0.15) is 0 Å². The number of esters is 2. The molecule has 1 aliphatic carbocycles. The normalized spacial score (nSPS) is 14.7. The monoisotopic (exact) mass is 326 g/mol. The molecule has 0 heterocycles. The molecule has 1 atom stereocenters. The van der Waals surface area contributed by atoms with E-state index in [-0.39, 0.29) is 11.5 Å². The highest BCUT2D eigenvalue weighted by Crippen LogP contribution is 2.53. The second kappa shape index (κ2) is 6.00. The number of benzene rings is 2. The van der Waals surface area contributed by atoms with E-state index in [1.165, 1.54) is 13.8 Å². The van der Waals surface area contributed by atoms with Crippen LogP contribution in [0.5, 0.6) is 11.5 Å². The molecular weight excluding hydrogens is 308 g/mol. The van der Waals surface area contributed by atoms with Crippen LogP contribution in [-0.4, -0.2) is 17.0 Å². The molecule has 0 aliphatic heterocycles. The van der Waals surface area contributed by atoms with Crippen molar-refractivity contribution in [1.29, 1.82) is 0 Å². The van der Waals surface area contributed by atoms with Crippen molar-refractivity contribution < 1.29 is 24.2 Å². The van der Waals surface area contributed by atoms with Crippen molar-refractivity contribution in [3.63, 3.8) is 0 Å². The van der Waals surface area contributed by atoms with Gasteiger partial charge in [-0.3, -0.25) is 9.59 Å². The van der Waals surface area contributed by atoms with Gasteiger partial charge in [0.2, 0.25) is 0 Å².